The monoisotopic (exact) mass is 588 g/mol. The highest BCUT2D eigenvalue weighted by atomic mass is 32.2. The molecule has 216 valence electrons. The largest absolute Gasteiger partial charge is 0.494 e. The number of carboxylic acids is 1. The van der Waals surface area contributed by atoms with Crippen molar-refractivity contribution in [1.82, 2.24) is 0 Å². The molecule has 41 heavy (non-hydrogen) atoms. The second-order valence-electron chi connectivity index (χ2n) is 10.0. The van der Waals surface area contributed by atoms with E-state index < -0.39 is 33.7 Å². The summed E-state index contributed by atoms with van der Waals surface area (Å²) in [4.78, 5) is 11.1. The van der Waals surface area contributed by atoms with Gasteiger partial charge in [-0.2, -0.15) is 13.2 Å². The maximum Gasteiger partial charge on any atom is 0.417 e. The number of ether oxygens (including phenoxy) is 2. The Bertz CT molecular complexity index is 1690. The maximum absolute atomic E-state index is 14.1. The van der Waals surface area contributed by atoms with Crippen molar-refractivity contribution in [2.24, 2.45) is 0 Å². The summed E-state index contributed by atoms with van der Waals surface area (Å²) in [7, 11) is -3.10. The number of sulfone groups is 1. The fourth-order valence-electron chi connectivity index (χ4n) is 5.18. The molecule has 11 heteroatoms. The number of alkyl halides is 3. The standard InChI is InChI=1S/C30H27F3O7S/c1-41(36,37)14-2-13-38-20-5-3-18(4-6-20)29-24-10-12-26(23(24)9-11-25(29)30(31,32)33)40-21-7-8-22-19(15-28(34)35)17-39-27(22)16-21/h3-9,11,16-17,26H,2,10,12-15H2,1H3,(H,34,35). The first-order valence-corrected chi connectivity index (χ1v) is 15.0. The minimum atomic E-state index is -4.57. The quantitative estimate of drug-likeness (QED) is 0.208. The molecule has 0 fully saturated rings. The summed E-state index contributed by atoms with van der Waals surface area (Å²) < 4.78 is 82.2. The van der Waals surface area contributed by atoms with Crippen molar-refractivity contribution in [3.05, 3.63) is 83.1 Å². The van der Waals surface area contributed by atoms with E-state index in [2.05, 4.69) is 0 Å². The Morgan fingerprint density at radius 1 is 1.07 bits per heavy atom. The highest BCUT2D eigenvalue weighted by Gasteiger charge is 2.38. The van der Waals surface area contributed by atoms with Gasteiger partial charge in [0.05, 0.1) is 30.6 Å². The fraction of sp³-hybridized carbons (Fsp3) is 0.300. The Morgan fingerprint density at radius 2 is 1.80 bits per heavy atom. The molecule has 0 spiro atoms. The summed E-state index contributed by atoms with van der Waals surface area (Å²) >= 11 is 0. The van der Waals surface area contributed by atoms with Gasteiger partial charge in [-0.05, 0) is 71.8 Å². The van der Waals surface area contributed by atoms with Crippen molar-refractivity contribution in [1.29, 1.82) is 0 Å². The smallest absolute Gasteiger partial charge is 0.417 e. The lowest BCUT2D eigenvalue weighted by Gasteiger charge is -2.20. The third-order valence-electron chi connectivity index (χ3n) is 6.98. The zero-order valence-electron chi connectivity index (χ0n) is 22.0. The topological polar surface area (TPSA) is 103 Å². The van der Waals surface area contributed by atoms with Gasteiger partial charge in [-0.1, -0.05) is 18.2 Å². The van der Waals surface area contributed by atoms with E-state index in [-0.39, 0.29) is 24.3 Å². The van der Waals surface area contributed by atoms with Crippen molar-refractivity contribution >= 4 is 26.8 Å². The molecule has 1 unspecified atom stereocenters. The zero-order chi connectivity index (χ0) is 29.4. The summed E-state index contributed by atoms with van der Waals surface area (Å²) in [5.74, 6) is -0.0909. The van der Waals surface area contributed by atoms with Crippen LogP contribution in [0, 0.1) is 0 Å². The number of carbonyl (C=O) groups is 1. The van der Waals surface area contributed by atoms with Crippen LogP contribution in [0.15, 0.2) is 65.3 Å². The first kappa shape index (κ1) is 28.5. The van der Waals surface area contributed by atoms with E-state index in [1.165, 1.54) is 12.3 Å². The van der Waals surface area contributed by atoms with Gasteiger partial charge in [-0.15, -0.1) is 0 Å². The van der Waals surface area contributed by atoms with Gasteiger partial charge in [0.2, 0.25) is 0 Å². The van der Waals surface area contributed by atoms with Crippen LogP contribution in [0.5, 0.6) is 11.5 Å². The van der Waals surface area contributed by atoms with Gasteiger partial charge >= 0.3 is 12.1 Å². The lowest BCUT2D eigenvalue weighted by atomic mass is 9.91. The van der Waals surface area contributed by atoms with E-state index in [0.29, 0.717) is 64.0 Å². The van der Waals surface area contributed by atoms with Gasteiger partial charge in [-0.3, -0.25) is 4.79 Å². The number of carboxylic acid groups (broad SMARTS) is 1. The fourth-order valence-corrected chi connectivity index (χ4v) is 5.83. The number of rotatable bonds is 10. The number of benzene rings is 3. The second-order valence-corrected chi connectivity index (χ2v) is 12.3. The van der Waals surface area contributed by atoms with Crippen LogP contribution in [-0.4, -0.2) is 38.1 Å². The third kappa shape index (κ3) is 6.51. The molecule has 3 aromatic carbocycles. The Balaban J connectivity index is 1.40. The summed E-state index contributed by atoms with van der Waals surface area (Å²) in [5, 5.41) is 9.74. The molecule has 0 amide bonds. The van der Waals surface area contributed by atoms with E-state index in [1.807, 2.05) is 0 Å². The molecular weight excluding hydrogens is 561 g/mol. The molecule has 0 aliphatic heterocycles. The molecular formula is C30H27F3O7S. The summed E-state index contributed by atoms with van der Waals surface area (Å²) in [6.07, 6.45) is -1.51. The van der Waals surface area contributed by atoms with Gasteiger partial charge in [-0.25, -0.2) is 8.42 Å². The molecule has 7 nitrogen and oxygen atoms in total. The van der Waals surface area contributed by atoms with Crippen molar-refractivity contribution in [3.63, 3.8) is 0 Å². The van der Waals surface area contributed by atoms with E-state index in [1.54, 1.807) is 42.5 Å². The number of hydrogen-bond donors (Lipinski definition) is 1. The molecule has 1 aliphatic rings. The number of aliphatic carboxylic acids is 1. The minimum Gasteiger partial charge on any atom is -0.494 e. The van der Waals surface area contributed by atoms with Crippen molar-refractivity contribution < 1.29 is 45.4 Å². The molecule has 1 aromatic heterocycles. The molecule has 1 heterocycles. The van der Waals surface area contributed by atoms with Crippen molar-refractivity contribution in [2.75, 3.05) is 18.6 Å². The van der Waals surface area contributed by atoms with E-state index in [0.717, 1.165) is 12.3 Å². The number of hydrogen-bond acceptors (Lipinski definition) is 6. The van der Waals surface area contributed by atoms with E-state index in [9.17, 15) is 26.4 Å². The molecule has 1 aliphatic carbocycles. The molecule has 0 saturated carbocycles. The summed E-state index contributed by atoms with van der Waals surface area (Å²) in [6, 6.07) is 13.9. The highest BCUT2D eigenvalue weighted by molar-refractivity contribution is 7.90. The Hall–Kier alpha value is -3.99. The lowest BCUT2D eigenvalue weighted by Crippen LogP contribution is -2.10. The minimum absolute atomic E-state index is 0.0133. The SMILES string of the molecule is CS(=O)(=O)CCCOc1ccc(-c2c(C(F)(F)F)ccc3c2CCC3Oc2ccc3c(CC(=O)O)coc3c2)cc1. The average Bonchev–Trinajstić information content (AvgIpc) is 3.49. The first-order valence-electron chi connectivity index (χ1n) is 12.9. The van der Waals surface area contributed by atoms with Crippen LogP contribution < -0.4 is 9.47 Å². The van der Waals surface area contributed by atoms with Gasteiger partial charge in [0.15, 0.2) is 0 Å². The van der Waals surface area contributed by atoms with Gasteiger partial charge < -0.3 is 19.0 Å². The van der Waals surface area contributed by atoms with Crippen LogP contribution in [0.1, 0.15) is 41.2 Å². The highest BCUT2D eigenvalue weighted by Crippen LogP contribution is 2.46. The molecule has 1 atom stereocenters. The van der Waals surface area contributed by atoms with Crippen LogP contribution >= 0.6 is 0 Å². The normalized spacial score (nSPS) is 15.2. The lowest BCUT2D eigenvalue weighted by molar-refractivity contribution is -0.137. The second kappa shape index (κ2) is 11.1. The summed E-state index contributed by atoms with van der Waals surface area (Å²) in [6.45, 7) is 0.171. The molecule has 0 radical (unpaired) electrons. The first-order chi connectivity index (χ1) is 19.4. The third-order valence-corrected chi connectivity index (χ3v) is 8.01. The number of fused-ring (bicyclic) bond motifs is 2. The molecule has 1 N–H and O–H groups in total. The Labute approximate surface area is 234 Å². The van der Waals surface area contributed by atoms with Crippen LogP contribution in [0.3, 0.4) is 0 Å². The van der Waals surface area contributed by atoms with Crippen LogP contribution in [0.25, 0.3) is 22.1 Å². The van der Waals surface area contributed by atoms with Crippen LogP contribution in [0.4, 0.5) is 13.2 Å². The summed E-state index contributed by atoms with van der Waals surface area (Å²) in [5.41, 5.74) is 1.99. The molecule has 5 rings (SSSR count). The van der Waals surface area contributed by atoms with Crippen molar-refractivity contribution in [2.45, 2.75) is 38.0 Å². The number of halogens is 3. The predicted octanol–water partition coefficient (Wildman–Crippen LogP) is 6.63. The van der Waals surface area contributed by atoms with Crippen molar-refractivity contribution in [3.8, 4) is 22.6 Å². The molecule has 0 bridgehead atoms. The molecule has 4 aromatic rings. The maximum atomic E-state index is 14.1. The molecule has 0 saturated heterocycles. The zero-order valence-corrected chi connectivity index (χ0v) is 22.8. The Morgan fingerprint density at radius 3 is 2.49 bits per heavy atom. The van der Waals surface area contributed by atoms with Gasteiger partial charge in [0.25, 0.3) is 0 Å². The Kier molecular flexibility index (Phi) is 7.74. The van der Waals surface area contributed by atoms with E-state index in [4.69, 9.17) is 19.0 Å². The predicted molar refractivity (Wildman–Crippen MR) is 146 cm³/mol. The van der Waals surface area contributed by atoms with Gasteiger partial charge in [0.1, 0.15) is 33.0 Å². The number of furan rings is 1. The van der Waals surface area contributed by atoms with Gasteiger partial charge in [0, 0.05) is 23.3 Å². The van der Waals surface area contributed by atoms with Crippen LogP contribution in [-0.2, 0) is 33.6 Å². The van der Waals surface area contributed by atoms with E-state index >= 15 is 0 Å². The average molecular weight is 589 g/mol. The van der Waals surface area contributed by atoms with Crippen LogP contribution in [0.2, 0.25) is 0 Å².